The van der Waals surface area contributed by atoms with Gasteiger partial charge in [0, 0.05) is 5.56 Å². The van der Waals surface area contributed by atoms with Gasteiger partial charge in [-0.05, 0) is 6.07 Å². The number of hydrogen-bond acceptors (Lipinski definition) is 4. The van der Waals surface area contributed by atoms with E-state index in [2.05, 4.69) is 4.98 Å². The van der Waals surface area contributed by atoms with Crippen LogP contribution in [0.25, 0.3) is 11.1 Å². The highest BCUT2D eigenvalue weighted by Gasteiger charge is 2.08. The van der Waals surface area contributed by atoms with Crippen LogP contribution in [0, 0.1) is 11.3 Å². The number of nitriles is 1. The molecule has 70 valence electrons. The van der Waals surface area contributed by atoms with Crippen molar-refractivity contribution >= 4 is 11.1 Å². The van der Waals surface area contributed by atoms with Crippen LogP contribution in [0.1, 0.15) is 11.5 Å². The van der Waals surface area contributed by atoms with Crippen LogP contribution in [0.3, 0.4) is 0 Å². The van der Waals surface area contributed by atoms with Crippen LogP contribution in [-0.2, 0) is 13.0 Å². The van der Waals surface area contributed by atoms with E-state index in [1.54, 1.807) is 18.2 Å². The molecule has 0 fully saturated rings. The van der Waals surface area contributed by atoms with Crippen LogP contribution in [0.4, 0.5) is 0 Å². The zero-order chi connectivity index (χ0) is 9.97. The number of hydrogen-bond donors (Lipinski definition) is 1. The Bertz CT molecular complexity index is 496. The fourth-order valence-corrected chi connectivity index (χ4v) is 1.32. The van der Waals surface area contributed by atoms with Gasteiger partial charge in [-0.15, -0.1) is 0 Å². The van der Waals surface area contributed by atoms with E-state index < -0.39 is 0 Å². The molecule has 0 bridgehead atoms. The number of nitrogens with zero attached hydrogens (tertiary/aromatic N) is 2. The first kappa shape index (κ1) is 8.73. The Labute approximate surface area is 80.4 Å². The third-order valence-electron chi connectivity index (χ3n) is 1.95. The molecule has 14 heavy (non-hydrogen) atoms. The zero-order valence-electron chi connectivity index (χ0n) is 7.40. The van der Waals surface area contributed by atoms with E-state index >= 15 is 0 Å². The summed E-state index contributed by atoms with van der Waals surface area (Å²) < 4.78 is 5.31. The van der Waals surface area contributed by atoms with Crippen molar-refractivity contribution in [3.8, 4) is 6.07 Å². The summed E-state index contributed by atoms with van der Waals surface area (Å²) in [6, 6.07) is 7.30. The molecular weight excluding hydrogens is 180 g/mol. The Hall–Kier alpha value is -1.86. The Balaban J connectivity index is 2.59. The van der Waals surface area contributed by atoms with Crippen LogP contribution in [0.2, 0.25) is 0 Å². The summed E-state index contributed by atoms with van der Waals surface area (Å²) in [5.41, 5.74) is 1.97. The number of aliphatic hydroxyl groups excluding tert-OH is 1. The molecule has 0 amide bonds. The van der Waals surface area contributed by atoms with E-state index in [-0.39, 0.29) is 13.0 Å². The number of rotatable bonds is 2. The molecule has 0 aliphatic carbocycles. The average Bonchev–Trinajstić information content (AvgIpc) is 2.60. The second-order valence-corrected chi connectivity index (χ2v) is 2.86. The number of aromatic nitrogens is 1. The zero-order valence-corrected chi connectivity index (χ0v) is 7.40. The van der Waals surface area contributed by atoms with Gasteiger partial charge in [0.1, 0.15) is 11.9 Å². The topological polar surface area (TPSA) is 70.0 Å². The highest BCUT2D eigenvalue weighted by molar-refractivity contribution is 5.76. The van der Waals surface area contributed by atoms with E-state index in [9.17, 15) is 0 Å². The molecule has 0 unspecified atom stereocenters. The van der Waals surface area contributed by atoms with Gasteiger partial charge in [-0.25, -0.2) is 4.98 Å². The molecular formula is C10H8N2O2. The van der Waals surface area contributed by atoms with Crippen molar-refractivity contribution in [3.63, 3.8) is 0 Å². The van der Waals surface area contributed by atoms with Crippen molar-refractivity contribution in [2.24, 2.45) is 0 Å². The van der Waals surface area contributed by atoms with Gasteiger partial charge in [0.2, 0.25) is 5.89 Å². The van der Waals surface area contributed by atoms with Gasteiger partial charge in [0.15, 0.2) is 5.58 Å². The molecule has 0 saturated heterocycles. The summed E-state index contributed by atoms with van der Waals surface area (Å²) in [6.45, 7) is -0.0735. The van der Waals surface area contributed by atoms with Crippen LogP contribution in [0.5, 0.6) is 0 Å². The summed E-state index contributed by atoms with van der Waals surface area (Å²) in [6.07, 6.45) is 0.152. The molecule has 0 aliphatic heterocycles. The minimum absolute atomic E-state index is 0.0735. The molecule has 2 aromatic rings. The summed E-state index contributed by atoms with van der Waals surface area (Å²) in [4.78, 5) is 4.12. The van der Waals surface area contributed by atoms with Crippen molar-refractivity contribution < 1.29 is 9.52 Å². The molecule has 1 aromatic carbocycles. The van der Waals surface area contributed by atoms with E-state index in [0.29, 0.717) is 17.0 Å². The third kappa shape index (κ3) is 1.34. The lowest BCUT2D eigenvalue weighted by atomic mass is 10.2. The van der Waals surface area contributed by atoms with Gasteiger partial charge in [0.25, 0.3) is 0 Å². The maximum Gasteiger partial charge on any atom is 0.209 e. The largest absolute Gasteiger partial charge is 0.440 e. The second-order valence-electron chi connectivity index (χ2n) is 2.86. The standard InChI is InChI=1S/C10H8N2O2/c11-5-4-9-12-10-7(6-13)2-1-3-8(10)14-9/h1-3,13H,4,6H2. The highest BCUT2D eigenvalue weighted by atomic mass is 16.3. The van der Waals surface area contributed by atoms with Crippen molar-refractivity contribution in [3.05, 3.63) is 29.7 Å². The fraction of sp³-hybridized carbons (Fsp3) is 0.200. The number of para-hydroxylation sites is 1. The monoisotopic (exact) mass is 188 g/mol. The van der Waals surface area contributed by atoms with Gasteiger partial charge in [-0.2, -0.15) is 5.26 Å². The second kappa shape index (κ2) is 3.48. The minimum atomic E-state index is -0.0735. The van der Waals surface area contributed by atoms with Gasteiger partial charge in [0.05, 0.1) is 12.7 Å². The van der Waals surface area contributed by atoms with Crippen LogP contribution in [-0.4, -0.2) is 10.1 Å². The molecule has 0 atom stereocenters. The summed E-state index contributed by atoms with van der Waals surface area (Å²) in [7, 11) is 0. The molecule has 1 aromatic heterocycles. The van der Waals surface area contributed by atoms with Gasteiger partial charge in [-0.1, -0.05) is 12.1 Å². The fourth-order valence-electron chi connectivity index (χ4n) is 1.32. The van der Waals surface area contributed by atoms with Crippen LogP contribution < -0.4 is 0 Å². The summed E-state index contributed by atoms with van der Waals surface area (Å²) in [5, 5.41) is 17.5. The summed E-state index contributed by atoms with van der Waals surface area (Å²) in [5.74, 6) is 0.392. The van der Waals surface area contributed by atoms with Gasteiger partial charge >= 0.3 is 0 Å². The lowest BCUT2D eigenvalue weighted by Crippen LogP contribution is -1.85. The number of fused-ring (bicyclic) bond motifs is 1. The normalized spacial score (nSPS) is 10.3. The molecule has 0 spiro atoms. The molecule has 0 aliphatic rings. The smallest absolute Gasteiger partial charge is 0.209 e. The molecule has 4 nitrogen and oxygen atoms in total. The lowest BCUT2D eigenvalue weighted by molar-refractivity contribution is 0.283. The Kier molecular flexibility index (Phi) is 2.17. The molecule has 1 heterocycles. The SMILES string of the molecule is N#CCc1nc2c(CO)cccc2o1. The van der Waals surface area contributed by atoms with E-state index in [1.165, 1.54) is 0 Å². The van der Waals surface area contributed by atoms with E-state index in [0.717, 1.165) is 5.56 Å². The Morgan fingerprint density at radius 3 is 3.07 bits per heavy atom. The third-order valence-corrected chi connectivity index (χ3v) is 1.95. The Morgan fingerprint density at radius 1 is 1.50 bits per heavy atom. The van der Waals surface area contributed by atoms with Crippen molar-refractivity contribution in [1.82, 2.24) is 4.98 Å². The molecule has 2 rings (SSSR count). The van der Waals surface area contributed by atoms with E-state index in [1.807, 2.05) is 6.07 Å². The maximum absolute atomic E-state index is 9.03. The molecule has 1 N–H and O–H groups in total. The van der Waals surface area contributed by atoms with Crippen LogP contribution in [0.15, 0.2) is 22.6 Å². The van der Waals surface area contributed by atoms with Gasteiger partial charge < -0.3 is 9.52 Å². The predicted octanol–water partition coefficient (Wildman–Crippen LogP) is 1.39. The minimum Gasteiger partial charge on any atom is -0.440 e. The number of aliphatic hydroxyl groups is 1. The number of oxazole rings is 1. The highest BCUT2D eigenvalue weighted by Crippen LogP contribution is 2.19. The van der Waals surface area contributed by atoms with E-state index in [4.69, 9.17) is 14.8 Å². The first-order chi connectivity index (χ1) is 6.85. The summed E-state index contributed by atoms with van der Waals surface area (Å²) >= 11 is 0. The number of benzene rings is 1. The van der Waals surface area contributed by atoms with Crippen molar-refractivity contribution in [2.45, 2.75) is 13.0 Å². The average molecular weight is 188 g/mol. The van der Waals surface area contributed by atoms with Gasteiger partial charge in [-0.3, -0.25) is 0 Å². The molecule has 0 saturated carbocycles. The first-order valence-corrected chi connectivity index (χ1v) is 4.20. The predicted molar refractivity (Wildman–Crippen MR) is 49.2 cm³/mol. The van der Waals surface area contributed by atoms with Crippen molar-refractivity contribution in [1.29, 1.82) is 5.26 Å². The molecule has 4 heteroatoms. The first-order valence-electron chi connectivity index (χ1n) is 4.20. The maximum atomic E-state index is 9.03. The van der Waals surface area contributed by atoms with Crippen molar-refractivity contribution in [2.75, 3.05) is 0 Å². The molecule has 0 radical (unpaired) electrons. The Morgan fingerprint density at radius 2 is 2.36 bits per heavy atom. The lowest BCUT2D eigenvalue weighted by Gasteiger charge is -1.93. The van der Waals surface area contributed by atoms with Crippen LogP contribution >= 0.6 is 0 Å². The quantitative estimate of drug-likeness (QED) is 0.773.